The average molecular weight is 406 g/mol. The molecule has 0 radical (unpaired) electrons. The van der Waals surface area contributed by atoms with Crippen LogP contribution in [0.2, 0.25) is 0 Å². The van der Waals surface area contributed by atoms with Gasteiger partial charge in [0.1, 0.15) is 6.54 Å². The maximum absolute atomic E-state index is 12.6. The molecule has 1 amide bonds. The molecule has 30 heavy (non-hydrogen) atoms. The summed E-state index contributed by atoms with van der Waals surface area (Å²) in [4.78, 5) is 36.0. The number of fused-ring (bicyclic) bond motifs is 1. The number of carbonyl (C=O) groups is 3. The topological polar surface area (TPSA) is 77.4 Å². The number of unbranched alkanes of at least 4 members (excludes halogenated alkanes) is 1. The molecule has 0 aliphatic rings. The molecule has 0 fully saturated rings. The number of hydrogen-bond acceptors (Lipinski definition) is 4. The summed E-state index contributed by atoms with van der Waals surface area (Å²) in [6, 6.07) is 12.4. The van der Waals surface area contributed by atoms with Crippen LogP contribution in [0.3, 0.4) is 0 Å². The van der Waals surface area contributed by atoms with Crippen molar-refractivity contribution < 1.29 is 19.1 Å². The maximum atomic E-state index is 12.6. The molecule has 1 N–H and O–H groups in total. The summed E-state index contributed by atoms with van der Waals surface area (Å²) in [7, 11) is 0. The van der Waals surface area contributed by atoms with Crippen molar-refractivity contribution in [2.24, 2.45) is 0 Å². The van der Waals surface area contributed by atoms with Crippen molar-refractivity contribution in [2.75, 3.05) is 11.9 Å². The highest BCUT2D eigenvalue weighted by Crippen LogP contribution is 2.24. The molecular formula is C24H26N2O4. The van der Waals surface area contributed by atoms with E-state index in [1.54, 1.807) is 30.5 Å². The number of ether oxygens (including phenoxy) is 1. The van der Waals surface area contributed by atoms with Crippen LogP contribution in [0.1, 0.15) is 53.0 Å². The summed E-state index contributed by atoms with van der Waals surface area (Å²) < 4.78 is 7.00. The highest BCUT2D eigenvalue weighted by Gasteiger charge is 2.14. The van der Waals surface area contributed by atoms with E-state index in [9.17, 15) is 14.4 Å². The fourth-order valence-electron chi connectivity index (χ4n) is 3.41. The molecule has 1 aromatic heterocycles. The van der Waals surface area contributed by atoms with Gasteiger partial charge in [0.25, 0.3) is 0 Å². The predicted molar refractivity (Wildman–Crippen MR) is 117 cm³/mol. The van der Waals surface area contributed by atoms with Gasteiger partial charge in [-0.05, 0) is 42.7 Å². The Bertz CT molecular complexity index is 1050. The van der Waals surface area contributed by atoms with Gasteiger partial charge in [-0.15, -0.1) is 0 Å². The van der Waals surface area contributed by atoms with Crippen LogP contribution in [0.4, 0.5) is 5.69 Å². The van der Waals surface area contributed by atoms with Crippen molar-refractivity contribution in [1.82, 2.24) is 4.57 Å². The van der Waals surface area contributed by atoms with E-state index in [0.717, 1.165) is 42.0 Å². The van der Waals surface area contributed by atoms with E-state index in [4.69, 9.17) is 4.74 Å². The number of esters is 1. The van der Waals surface area contributed by atoms with Crippen LogP contribution in [0.25, 0.3) is 10.9 Å². The first-order chi connectivity index (χ1) is 14.6. The number of benzene rings is 2. The molecule has 3 aromatic rings. The van der Waals surface area contributed by atoms with Crippen molar-refractivity contribution in [2.45, 2.75) is 39.7 Å². The van der Waals surface area contributed by atoms with E-state index >= 15 is 0 Å². The second kappa shape index (κ2) is 9.87. The van der Waals surface area contributed by atoms with Crippen LogP contribution in [-0.4, -0.2) is 29.3 Å². The number of amides is 1. The summed E-state index contributed by atoms with van der Waals surface area (Å²) in [5.41, 5.74) is 3.59. The van der Waals surface area contributed by atoms with E-state index in [-0.39, 0.29) is 18.4 Å². The molecule has 0 saturated heterocycles. The van der Waals surface area contributed by atoms with E-state index < -0.39 is 0 Å². The van der Waals surface area contributed by atoms with Crippen LogP contribution in [0, 0.1) is 0 Å². The molecule has 0 aliphatic carbocycles. The van der Waals surface area contributed by atoms with Gasteiger partial charge in [-0.2, -0.15) is 0 Å². The van der Waals surface area contributed by atoms with Crippen molar-refractivity contribution in [3.05, 3.63) is 65.4 Å². The monoisotopic (exact) mass is 406 g/mol. The van der Waals surface area contributed by atoms with Crippen LogP contribution in [-0.2, 0) is 22.5 Å². The van der Waals surface area contributed by atoms with Gasteiger partial charge in [-0.3, -0.25) is 9.59 Å². The Morgan fingerprint density at radius 2 is 1.87 bits per heavy atom. The minimum absolute atomic E-state index is 0.0855. The number of nitrogens with zero attached hydrogens (tertiary/aromatic N) is 1. The minimum atomic E-state index is -0.367. The quantitative estimate of drug-likeness (QED) is 0.320. The third kappa shape index (κ3) is 4.76. The SMILES string of the molecule is CCCCOC(=O)c1ccc(NC(=O)Cn2cc(C=O)c3cccc(CC)c32)cc1. The second-order valence-corrected chi connectivity index (χ2v) is 7.11. The zero-order valence-electron chi connectivity index (χ0n) is 17.3. The molecule has 0 bridgehead atoms. The Balaban J connectivity index is 1.70. The number of aryl methyl sites for hydroxylation is 1. The molecule has 156 valence electrons. The second-order valence-electron chi connectivity index (χ2n) is 7.11. The lowest BCUT2D eigenvalue weighted by atomic mass is 10.1. The molecular weight excluding hydrogens is 380 g/mol. The maximum Gasteiger partial charge on any atom is 0.338 e. The standard InChI is InChI=1S/C24H26N2O4/c1-3-5-13-30-24(29)18-9-11-20(12-10-18)25-22(28)15-26-14-19(16-27)21-8-6-7-17(4-2)23(21)26/h6-12,14,16H,3-5,13,15H2,1-2H3,(H,25,28). The Morgan fingerprint density at radius 1 is 1.10 bits per heavy atom. The lowest BCUT2D eigenvalue weighted by molar-refractivity contribution is -0.116. The van der Waals surface area contributed by atoms with Crippen molar-refractivity contribution in [1.29, 1.82) is 0 Å². The normalized spacial score (nSPS) is 10.7. The van der Waals surface area contributed by atoms with Gasteiger partial charge in [0.15, 0.2) is 6.29 Å². The molecule has 6 nitrogen and oxygen atoms in total. The van der Waals surface area contributed by atoms with E-state index in [1.807, 2.05) is 36.6 Å². The van der Waals surface area contributed by atoms with Crippen molar-refractivity contribution >= 4 is 34.8 Å². The van der Waals surface area contributed by atoms with E-state index in [2.05, 4.69) is 5.32 Å². The highest BCUT2D eigenvalue weighted by molar-refractivity contribution is 6.00. The first-order valence-corrected chi connectivity index (χ1v) is 10.2. The number of hydrogen-bond donors (Lipinski definition) is 1. The smallest absolute Gasteiger partial charge is 0.338 e. The average Bonchev–Trinajstić information content (AvgIpc) is 3.12. The zero-order valence-corrected chi connectivity index (χ0v) is 17.3. The Labute approximate surface area is 175 Å². The Morgan fingerprint density at radius 3 is 2.53 bits per heavy atom. The third-order valence-electron chi connectivity index (χ3n) is 4.97. The largest absolute Gasteiger partial charge is 0.462 e. The first-order valence-electron chi connectivity index (χ1n) is 10.2. The lowest BCUT2D eigenvalue weighted by Crippen LogP contribution is -2.18. The fourth-order valence-corrected chi connectivity index (χ4v) is 3.41. The van der Waals surface area contributed by atoms with Gasteiger partial charge < -0.3 is 14.6 Å². The van der Waals surface area contributed by atoms with Gasteiger partial charge in [0, 0.05) is 22.8 Å². The lowest BCUT2D eigenvalue weighted by Gasteiger charge is -2.10. The van der Waals surface area contributed by atoms with Crippen LogP contribution in [0.15, 0.2) is 48.7 Å². The van der Waals surface area contributed by atoms with Crippen LogP contribution in [0.5, 0.6) is 0 Å². The van der Waals surface area contributed by atoms with E-state index in [1.165, 1.54) is 0 Å². The third-order valence-corrected chi connectivity index (χ3v) is 4.97. The first kappa shape index (κ1) is 21.3. The summed E-state index contributed by atoms with van der Waals surface area (Å²) in [5, 5.41) is 3.69. The molecule has 2 aromatic carbocycles. The predicted octanol–water partition coefficient (Wildman–Crippen LogP) is 4.61. The van der Waals surface area contributed by atoms with Crippen molar-refractivity contribution in [3.63, 3.8) is 0 Å². The Kier molecular flexibility index (Phi) is 7.01. The summed E-state index contributed by atoms with van der Waals surface area (Å²) in [6.45, 7) is 4.57. The van der Waals surface area contributed by atoms with Crippen LogP contribution >= 0.6 is 0 Å². The molecule has 0 aliphatic heterocycles. The summed E-state index contributed by atoms with van der Waals surface area (Å²) >= 11 is 0. The molecule has 0 atom stereocenters. The van der Waals surface area contributed by atoms with Crippen molar-refractivity contribution in [3.8, 4) is 0 Å². The van der Waals surface area contributed by atoms with Gasteiger partial charge in [0.05, 0.1) is 17.7 Å². The summed E-state index contributed by atoms with van der Waals surface area (Å²) in [6.07, 6.45) is 5.12. The number of anilines is 1. The number of nitrogens with one attached hydrogen (secondary N) is 1. The zero-order chi connectivity index (χ0) is 21.5. The van der Waals surface area contributed by atoms with Gasteiger partial charge in [0.2, 0.25) is 5.91 Å². The Hall–Kier alpha value is -3.41. The number of carbonyl (C=O) groups excluding carboxylic acids is 3. The molecule has 6 heteroatoms. The van der Waals surface area contributed by atoms with Gasteiger partial charge >= 0.3 is 5.97 Å². The highest BCUT2D eigenvalue weighted by atomic mass is 16.5. The molecule has 3 rings (SSSR count). The number of rotatable bonds is 9. The molecule has 0 spiro atoms. The summed E-state index contributed by atoms with van der Waals surface area (Å²) in [5.74, 6) is -0.581. The van der Waals surface area contributed by atoms with E-state index in [0.29, 0.717) is 23.4 Å². The molecule has 0 saturated carbocycles. The molecule has 0 unspecified atom stereocenters. The number of aldehydes is 1. The number of para-hydroxylation sites is 1. The van der Waals surface area contributed by atoms with Gasteiger partial charge in [-0.1, -0.05) is 38.5 Å². The fraction of sp³-hybridized carbons (Fsp3) is 0.292. The number of aromatic nitrogens is 1. The molecule has 1 heterocycles. The minimum Gasteiger partial charge on any atom is -0.462 e. The van der Waals surface area contributed by atoms with Gasteiger partial charge in [-0.25, -0.2) is 4.79 Å². The van der Waals surface area contributed by atoms with Crippen LogP contribution < -0.4 is 5.32 Å².